The molecule has 0 radical (unpaired) electrons. The van der Waals surface area contributed by atoms with Gasteiger partial charge in [-0.25, -0.2) is 4.98 Å². The van der Waals surface area contributed by atoms with Gasteiger partial charge in [-0.05, 0) is 37.3 Å². The fourth-order valence-corrected chi connectivity index (χ4v) is 3.79. The van der Waals surface area contributed by atoms with E-state index in [2.05, 4.69) is 10.3 Å². The fourth-order valence-electron chi connectivity index (χ4n) is 2.37. The van der Waals surface area contributed by atoms with E-state index in [9.17, 15) is 9.59 Å². The highest BCUT2D eigenvalue weighted by atomic mass is 35.5. The Labute approximate surface area is 170 Å². The Balaban J connectivity index is 1.51. The molecule has 1 aromatic heterocycles. The molecule has 8 heteroatoms. The molecule has 0 aliphatic carbocycles. The first kappa shape index (κ1) is 19.6. The maximum atomic E-state index is 12.2. The second-order valence-electron chi connectivity index (χ2n) is 5.82. The molecule has 140 valence electrons. The molecule has 3 rings (SSSR count). The van der Waals surface area contributed by atoms with Crippen molar-refractivity contribution in [2.24, 2.45) is 0 Å². The van der Waals surface area contributed by atoms with Crippen molar-refractivity contribution in [2.45, 2.75) is 25.9 Å². The predicted octanol–water partition coefficient (Wildman–Crippen LogP) is 5.11. The highest BCUT2D eigenvalue weighted by Crippen LogP contribution is 2.26. The van der Waals surface area contributed by atoms with Crippen LogP contribution in [0.1, 0.15) is 18.4 Å². The predicted molar refractivity (Wildman–Crippen MR) is 109 cm³/mol. The van der Waals surface area contributed by atoms with Crippen LogP contribution in [0.15, 0.2) is 42.5 Å². The number of halogens is 2. The Morgan fingerprint density at radius 2 is 2.00 bits per heavy atom. The Hall–Kier alpha value is -2.15. The van der Waals surface area contributed by atoms with E-state index in [0.29, 0.717) is 22.2 Å². The molecule has 0 aliphatic heterocycles. The first-order valence-electron chi connectivity index (χ1n) is 8.22. The van der Waals surface area contributed by atoms with Crippen molar-refractivity contribution in [3.63, 3.8) is 0 Å². The molecule has 1 unspecified atom stereocenters. The lowest BCUT2D eigenvalue weighted by Crippen LogP contribution is -2.30. The lowest BCUT2D eigenvalue weighted by Gasteiger charge is -2.14. The van der Waals surface area contributed by atoms with Crippen molar-refractivity contribution in [3.8, 4) is 0 Å². The number of aryl methyl sites for hydroxylation is 1. The molecule has 2 aromatic carbocycles. The summed E-state index contributed by atoms with van der Waals surface area (Å²) in [5.41, 5.74) is 1.32. The van der Waals surface area contributed by atoms with Gasteiger partial charge in [0, 0.05) is 11.4 Å². The third kappa shape index (κ3) is 5.19. The number of nitrogens with one attached hydrogen (secondary N) is 1. The van der Waals surface area contributed by atoms with E-state index in [4.69, 9.17) is 27.9 Å². The number of esters is 1. The van der Waals surface area contributed by atoms with Crippen molar-refractivity contribution in [3.05, 3.63) is 57.5 Å². The molecule has 27 heavy (non-hydrogen) atoms. The van der Waals surface area contributed by atoms with Gasteiger partial charge in [0.25, 0.3) is 5.91 Å². The van der Waals surface area contributed by atoms with Crippen molar-refractivity contribution < 1.29 is 14.3 Å². The quantitative estimate of drug-likeness (QED) is 0.560. The molecular weight excluding hydrogens is 407 g/mol. The van der Waals surface area contributed by atoms with Crippen molar-refractivity contribution in [1.82, 2.24) is 4.98 Å². The van der Waals surface area contributed by atoms with Crippen LogP contribution < -0.4 is 5.32 Å². The van der Waals surface area contributed by atoms with Gasteiger partial charge in [0.15, 0.2) is 6.10 Å². The second-order valence-corrected chi connectivity index (χ2v) is 7.78. The monoisotopic (exact) mass is 422 g/mol. The van der Waals surface area contributed by atoms with Crippen LogP contribution in [0, 0.1) is 0 Å². The molecule has 1 atom stereocenters. The van der Waals surface area contributed by atoms with Crippen molar-refractivity contribution >= 4 is 62.3 Å². The smallest absolute Gasteiger partial charge is 0.306 e. The normalized spacial score (nSPS) is 12.0. The number of para-hydroxylation sites is 1. The summed E-state index contributed by atoms with van der Waals surface area (Å²) in [7, 11) is 0. The number of nitrogens with zero attached hydrogens (tertiary/aromatic N) is 1. The maximum absolute atomic E-state index is 12.2. The number of hydrogen-bond acceptors (Lipinski definition) is 5. The summed E-state index contributed by atoms with van der Waals surface area (Å²) in [6.07, 6.45) is -0.325. The summed E-state index contributed by atoms with van der Waals surface area (Å²) in [6, 6.07) is 12.5. The zero-order valence-corrected chi connectivity index (χ0v) is 16.7. The highest BCUT2D eigenvalue weighted by molar-refractivity contribution is 7.18. The number of ether oxygens (including phenoxy) is 1. The number of aromatic nitrogens is 1. The molecule has 1 heterocycles. The molecular formula is C19H16Cl2N2O3S. The highest BCUT2D eigenvalue weighted by Gasteiger charge is 2.19. The number of rotatable bonds is 6. The van der Waals surface area contributed by atoms with Gasteiger partial charge in [-0.1, -0.05) is 35.3 Å². The summed E-state index contributed by atoms with van der Waals surface area (Å²) in [5.74, 6) is -0.924. The van der Waals surface area contributed by atoms with Crippen LogP contribution >= 0.6 is 34.5 Å². The molecule has 0 aliphatic rings. The summed E-state index contributed by atoms with van der Waals surface area (Å²) in [4.78, 5) is 28.7. The minimum absolute atomic E-state index is 0.152. The number of benzene rings is 2. The lowest BCUT2D eigenvalue weighted by atomic mass is 10.3. The zero-order valence-electron chi connectivity index (χ0n) is 14.4. The molecule has 0 bridgehead atoms. The maximum Gasteiger partial charge on any atom is 0.306 e. The number of amides is 1. The van der Waals surface area contributed by atoms with Crippen LogP contribution in [0.2, 0.25) is 10.0 Å². The molecule has 0 fully saturated rings. The average molecular weight is 423 g/mol. The molecule has 0 spiro atoms. The number of carbonyl (C=O) groups excluding carboxylic acids is 2. The molecule has 1 amide bonds. The minimum Gasteiger partial charge on any atom is -0.453 e. The van der Waals surface area contributed by atoms with E-state index in [-0.39, 0.29) is 6.42 Å². The third-order valence-electron chi connectivity index (χ3n) is 3.75. The van der Waals surface area contributed by atoms with Crippen LogP contribution in [0.4, 0.5) is 5.69 Å². The number of anilines is 1. The summed E-state index contributed by atoms with van der Waals surface area (Å²) in [6.45, 7) is 1.51. The number of fused-ring (bicyclic) bond motifs is 1. The van der Waals surface area contributed by atoms with E-state index < -0.39 is 18.0 Å². The van der Waals surface area contributed by atoms with Crippen LogP contribution in [0.5, 0.6) is 0 Å². The third-order valence-corrected chi connectivity index (χ3v) is 5.39. The van der Waals surface area contributed by atoms with E-state index in [1.165, 1.54) is 13.0 Å². The van der Waals surface area contributed by atoms with Crippen molar-refractivity contribution in [2.75, 3.05) is 5.32 Å². The minimum atomic E-state index is -0.945. The van der Waals surface area contributed by atoms with E-state index in [0.717, 1.165) is 15.2 Å². The number of hydrogen-bond donors (Lipinski definition) is 1. The summed E-state index contributed by atoms with van der Waals surface area (Å²) >= 11 is 13.4. The van der Waals surface area contributed by atoms with Gasteiger partial charge < -0.3 is 10.1 Å². The second kappa shape index (κ2) is 8.69. The standard InChI is InChI=1S/C19H16Cl2N2O3S/c1-11(19(25)23-14-7-6-12(20)10-13(14)21)26-18(24)9-8-17-22-15-4-2-3-5-16(15)27-17/h2-7,10-11H,8-9H2,1H3,(H,23,25). The SMILES string of the molecule is CC(OC(=O)CCc1nc2ccccc2s1)C(=O)Nc1ccc(Cl)cc1Cl. The van der Waals surface area contributed by atoms with Crippen LogP contribution in [-0.2, 0) is 20.7 Å². The molecule has 5 nitrogen and oxygen atoms in total. The summed E-state index contributed by atoms with van der Waals surface area (Å²) < 4.78 is 6.28. The van der Waals surface area contributed by atoms with E-state index in [1.807, 2.05) is 24.3 Å². The van der Waals surface area contributed by atoms with Crippen LogP contribution in [0.3, 0.4) is 0 Å². The van der Waals surface area contributed by atoms with Gasteiger partial charge in [0.2, 0.25) is 0 Å². The Kier molecular flexibility index (Phi) is 6.31. The Morgan fingerprint density at radius 1 is 1.22 bits per heavy atom. The van der Waals surface area contributed by atoms with Gasteiger partial charge in [-0.2, -0.15) is 0 Å². The molecule has 0 saturated carbocycles. The van der Waals surface area contributed by atoms with Crippen LogP contribution in [0.25, 0.3) is 10.2 Å². The van der Waals surface area contributed by atoms with Gasteiger partial charge in [-0.3, -0.25) is 9.59 Å². The zero-order chi connectivity index (χ0) is 19.4. The molecule has 1 N–H and O–H groups in total. The fraction of sp³-hybridized carbons (Fsp3) is 0.211. The lowest BCUT2D eigenvalue weighted by molar-refractivity contribution is -0.153. The van der Waals surface area contributed by atoms with Gasteiger partial charge in [0.1, 0.15) is 0 Å². The van der Waals surface area contributed by atoms with Gasteiger partial charge >= 0.3 is 5.97 Å². The van der Waals surface area contributed by atoms with E-state index >= 15 is 0 Å². The molecule has 0 saturated heterocycles. The first-order valence-corrected chi connectivity index (χ1v) is 9.79. The Bertz CT molecular complexity index is 957. The van der Waals surface area contributed by atoms with Crippen molar-refractivity contribution in [1.29, 1.82) is 0 Å². The Morgan fingerprint density at radius 3 is 2.74 bits per heavy atom. The number of carbonyl (C=O) groups is 2. The van der Waals surface area contributed by atoms with Crippen LogP contribution in [-0.4, -0.2) is 23.0 Å². The summed E-state index contributed by atoms with van der Waals surface area (Å²) in [5, 5.41) is 4.25. The largest absolute Gasteiger partial charge is 0.453 e. The molecule has 3 aromatic rings. The topological polar surface area (TPSA) is 68.3 Å². The van der Waals surface area contributed by atoms with E-state index in [1.54, 1.807) is 23.5 Å². The number of thiazole rings is 1. The first-order chi connectivity index (χ1) is 12.9. The van der Waals surface area contributed by atoms with Gasteiger partial charge in [0.05, 0.1) is 32.4 Å². The average Bonchev–Trinajstić information content (AvgIpc) is 3.05. The van der Waals surface area contributed by atoms with Gasteiger partial charge in [-0.15, -0.1) is 11.3 Å².